The number of hydrogen-bond donors (Lipinski definition) is 3. The van der Waals surface area contributed by atoms with Gasteiger partial charge in [0.05, 0.1) is 5.75 Å². The molecule has 3 N–H and O–H groups in total. The van der Waals surface area contributed by atoms with Crippen molar-refractivity contribution in [3.8, 4) is 0 Å². The van der Waals surface area contributed by atoms with E-state index in [4.69, 9.17) is 0 Å². The third kappa shape index (κ3) is 6.85. The number of anilines is 1. The summed E-state index contributed by atoms with van der Waals surface area (Å²) in [6, 6.07) is 8.14. The highest BCUT2D eigenvalue weighted by Crippen LogP contribution is 2.07. The maximum Gasteiger partial charge on any atom is 0.277 e. The minimum Gasteiger partial charge on any atom is -0.284 e. The molecule has 0 saturated heterocycles. The van der Waals surface area contributed by atoms with Crippen LogP contribution in [0, 0.1) is 0 Å². The van der Waals surface area contributed by atoms with Crippen molar-refractivity contribution < 1.29 is 16.8 Å². The van der Waals surface area contributed by atoms with Crippen LogP contribution in [0.1, 0.15) is 13.8 Å². The Morgan fingerprint density at radius 3 is 2.20 bits per heavy atom. The summed E-state index contributed by atoms with van der Waals surface area (Å²) in [5.74, 6) is -0.346. The van der Waals surface area contributed by atoms with Crippen LogP contribution < -0.4 is 14.2 Å². The molecule has 0 heterocycles. The molecule has 0 atom stereocenters. The highest BCUT2D eigenvalue weighted by atomic mass is 32.2. The van der Waals surface area contributed by atoms with E-state index in [0.717, 1.165) is 0 Å². The maximum absolute atomic E-state index is 11.7. The summed E-state index contributed by atoms with van der Waals surface area (Å²) in [5.41, 5.74) is 0.440. The molecule has 20 heavy (non-hydrogen) atoms. The molecule has 0 amide bonds. The molecule has 9 heteroatoms. The Balaban J connectivity index is 2.49. The summed E-state index contributed by atoms with van der Waals surface area (Å²) in [5, 5.41) is 0. The molecule has 114 valence electrons. The van der Waals surface area contributed by atoms with Gasteiger partial charge in [-0.25, -0.2) is 13.1 Å². The number of sulfonamides is 1. The molecule has 0 aromatic heterocycles. The van der Waals surface area contributed by atoms with Gasteiger partial charge >= 0.3 is 0 Å². The number of rotatable bonds is 8. The Hall–Kier alpha value is -1.16. The van der Waals surface area contributed by atoms with Crippen molar-refractivity contribution in [1.29, 1.82) is 0 Å². The molecule has 7 nitrogen and oxygen atoms in total. The highest BCUT2D eigenvalue weighted by Gasteiger charge is 2.14. The molecular formula is C11H19N3O4S2. The lowest BCUT2D eigenvalue weighted by Crippen LogP contribution is -2.42. The van der Waals surface area contributed by atoms with E-state index in [0.29, 0.717) is 5.69 Å². The third-order valence-electron chi connectivity index (χ3n) is 2.10. The smallest absolute Gasteiger partial charge is 0.277 e. The van der Waals surface area contributed by atoms with Gasteiger partial charge in [0.25, 0.3) is 10.2 Å². The van der Waals surface area contributed by atoms with Crippen molar-refractivity contribution in [1.82, 2.24) is 9.44 Å². The van der Waals surface area contributed by atoms with Crippen LogP contribution in [0.25, 0.3) is 0 Å². The molecular weight excluding hydrogens is 302 g/mol. The van der Waals surface area contributed by atoms with E-state index < -0.39 is 20.2 Å². The number of nitrogens with one attached hydrogen (secondary N) is 3. The second kappa shape index (κ2) is 7.02. The summed E-state index contributed by atoms with van der Waals surface area (Å²) in [6.07, 6.45) is 0. The topological polar surface area (TPSA) is 104 Å². The lowest BCUT2D eigenvalue weighted by molar-refractivity contribution is 0.556. The Labute approximate surface area is 120 Å². The lowest BCUT2D eigenvalue weighted by Gasteiger charge is -2.11. The van der Waals surface area contributed by atoms with E-state index in [9.17, 15) is 16.8 Å². The molecule has 0 bridgehead atoms. The summed E-state index contributed by atoms with van der Waals surface area (Å²) in [6.45, 7) is 3.14. The van der Waals surface area contributed by atoms with E-state index >= 15 is 0 Å². The van der Waals surface area contributed by atoms with Crippen LogP contribution in [-0.2, 0) is 20.2 Å². The van der Waals surface area contributed by atoms with Crippen LogP contribution in [-0.4, -0.2) is 35.2 Å². The first-order chi connectivity index (χ1) is 9.20. The minimum absolute atomic E-state index is 0.204. The monoisotopic (exact) mass is 321 g/mol. The van der Waals surface area contributed by atoms with Gasteiger partial charge in [-0.15, -0.1) is 0 Å². The zero-order valence-corrected chi connectivity index (χ0v) is 13.0. The fourth-order valence-electron chi connectivity index (χ4n) is 1.40. The van der Waals surface area contributed by atoms with Crippen LogP contribution in [0.5, 0.6) is 0 Å². The molecule has 0 fully saturated rings. The molecule has 0 aliphatic carbocycles. The van der Waals surface area contributed by atoms with Crippen molar-refractivity contribution in [3.05, 3.63) is 30.3 Å². The zero-order chi connectivity index (χ0) is 15.2. The van der Waals surface area contributed by atoms with Gasteiger partial charge < -0.3 is 0 Å². The van der Waals surface area contributed by atoms with Crippen LogP contribution in [0.15, 0.2) is 30.3 Å². The van der Waals surface area contributed by atoms with Crippen molar-refractivity contribution in [2.45, 2.75) is 19.9 Å². The fourth-order valence-corrected chi connectivity index (χ4v) is 3.57. The van der Waals surface area contributed by atoms with Gasteiger partial charge in [-0.3, -0.25) is 4.72 Å². The number of benzene rings is 1. The Bertz CT molecular complexity index is 612. The average Bonchev–Trinajstić information content (AvgIpc) is 2.26. The quantitative estimate of drug-likeness (QED) is 0.639. The molecule has 0 spiro atoms. The van der Waals surface area contributed by atoms with Gasteiger partial charge in [0, 0.05) is 18.3 Å². The molecule has 0 radical (unpaired) electrons. The predicted octanol–water partition coefficient (Wildman–Crippen LogP) is 0.261. The van der Waals surface area contributed by atoms with Crippen molar-refractivity contribution in [2.24, 2.45) is 0 Å². The maximum atomic E-state index is 11.7. The molecule has 1 rings (SSSR count). The largest absolute Gasteiger partial charge is 0.284 e. The highest BCUT2D eigenvalue weighted by molar-refractivity contribution is 7.92. The number of para-hydroxylation sites is 1. The van der Waals surface area contributed by atoms with Gasteiger partial charge in [-0.2, -0.15) is 13.1 Å². The second-order valence-corrected chi connectivity index (χ2v) is 7.83. The Morgan fingerprint density at radius 1 is 1.05 bits per heavy atom. The van der Waals surface area contributed by atoms with Gasteiger partial charge in [0.1, 0.15) is 0 Å². The van der Waals surface area contributed by atoms with Gasteiger partial charge in [-0.1, -0.05) is 18.2 Å². The summed E-state index contributed by atoms with van der Waals surface area (Å²) < 4.78 is 53.2. The van der Waals surface area contributed by atoms with Gasteiger partial charge in [-0.05, 0) is 26.0 Å². The summed E-state index contributed by atoms with van der Waals surface area (Å²) >= 11 is 0. The van der Waals surface area contributed by atoms with E-state index in [1.165, 1.54) is 0 Å². The molecule has 0 saturated carbocycles. The van der Waals surface area contributed by atoms with Gasteiger partial charge in [0.2, 0.25) is 10.0 Å². The predicted molar refractivity (Wildman–Crippen MR) is 79.0 cm³/mol. The SMILES string of the molecule is CC(C)NS(=O)(=O)NCCS(=O)(=O)Nc1ccccc1. The minimum atomic E-state index is -3.67. The van der Waals surface area contributed by atoms with Crippen molar-refractivity contribution >= 4 is 25.9 Å². The standard InChI is InChI=1S/C11H19N3O4S2/c1-10(2)13-20(17,18)12-8-9-19(15,16)14-11-6-4-3-5-7-11/h3-7,10,12-14H,8-9H2,1-2H3. The Morgan fingerprint density at radius 2 is 1.65 bits per heavy atom. The normalized spacial score (nSPS) is 12.6. The summed E-state index contributed by atoms with van der Waals surface area (Å²) in [4.78, 5) is 0. The van der Waals surface area contributed by atoms with Crippen LogP contribution in [0.2, 0.25) is 0 Å². The van der Waals surface area contributed by atoms with Crippen LogP contribution in [0.3, 0.4) is 0 Å². The molecule has 0 aliphatic rings. The second-order valence-electron chi connectivity index (χ2n) is 4.46. The first-order valence-corrected chi connectivity index (χ1v) is 9.16. The molecule has 1 aromatic carbocycles. The molecule has 0 unspecified atom stereocenters. The van der Waals surface area contributed by atoms with Gasteiger partial charge in [0.15, 0.2) is 0 Å². The fraction of sp³-hybridized carbons (Fsp3) is 0.455. The molecule has 0 aliphatic heterocycles. The Kier molecular flexibility index (Phi) is 5.93. The van der Waals surface area contributed by atoms with Crippen LogP contribution >= 0.6 is 0 Å². The van der Waals surface area contributed by atoms with Crippen LogP contribution in [0.4, 0.5) is 5.69 Å². The first kappa shape index (κ1) is 16.9. The van der Waals surface area contributed by atoms with Crippen molar-refractivity contribution in [2.75, 3.05) is 17.0 Å². The van der Waals surface area contributed by atoms with E-state index in [1.807, 2.05) is 0 Å². The third-order valence-corrected chi connectivity index (χ3v) is 4.76. The van der Waals surface area contributed by atoms with E-state index in [-0.39, 0.29) is 18.3 Å². The summed E-state index contributed by atoms with van der Waals surface area (Å²) in [7, 11) is -7.26. The van der Waals surface area contributed by atoms with E-state index in [1.54, 1.807) is 44.2 Å². The zero-order valence-electron chi connectivity index (χ0n) is 11.3. The molecule has 1 aromatic rings. The van der Waals surface area contributed by atoms with Crippen molar-refractivity contribution in [3.63, 3.8) is 0 Å². The average molecular weight is 321 g/mol. The lowest BCUT2D eigenvalue weighted by atomic mass is 10.3. The van der Waals surface area contributed by atoms with E-state index in [2.05, 4.69) is 14.2 Å². The first-order valence-electron chi connectivity index (χ1n) is 6.03. The number of hydrogen-bond acceptors (Lipinski definition) is 4.